The van der Waals surface area contributed by atoms with Crippen molar-refractivity contribution < 1.29 is 9.47 Å². The van der Waals surface area contributed by atoms with Gasteiger partial charge in [-0.1, -0.05) is 11.6 Å². The number of hydrogen-bond donors (Lipinski definition) is 1. The van der Waals surface area contributed by atoms with Crippen LogP contribution in [0.15, 0.2) is 18.5 Å². The highest BCUT2D eigenvalue weighted by Crippen LogP contribution is 2.35. The van der Waals surface area contributed by atoms with E-state index in [9.17, 15) is 0 Å². The molecule has 1 aromatic carbocycles. The molecule has 0 spiro atoms. The van der Waals surface area contributed by atoms with Gasteiger partial charge in [0.2, 0.25) is 0 Å². The largest absolute Gasteiger partial charge is 0.493 e. The first-order chi connectivity index (χ1) is 10.7. The molecule has 2 heterocycles. The molecule has 0 saturated carbocycles. The summed E-state index contributed by atoms with van der Waals surface area (Å²) < 4.78 is 11.6. The molecule has 5 nitrogen and oxygen atoms in total. The monoisotopic (exact) mass is 321 g/mol. The van der Waals surface area contributed by atoms with Crippen LogP contribution in [0, 0.1) is 5.92 Å². The standard InChI is InChI=1S/C16H20ClN3O2/c1-10(11-3-5-18-6-4-11)22-15-8-13-12(7-14(15)21-2)16(17)20-9-19-13/h7-11,18H,3-6H2,1-2H3. The average molecular weight is 322 g/mol. The number of hydrogen-bond acceptors (Lipinski definition) is 5. The van der Waals surface area contributed by atoms with Crippen LogP contribution in [0.2, 0.25) is 5.15 Å². The molecule has 118 valence electrons. The minimum Gasteiger partial charge on any atom is -0.493 e. The molecule has 2 aromatic rings. The highest BCUT2D eigenvalue weighted by atomic mass is 35.5. The molecule has 22 heavy (non-hydrogen) atoms. The van der Waals surface area contributed by atoms with Crippen LogP contribution in [0.5, 0.6) is 11.5 Å². The fourth-order valence-corrected chi connectivity index (χ4v) is 3.09. The van der Waals surface area contributed by atoms with Gasteiger partial charge in [-0.15, -0.1) is 0 Å². The number of methoxy groups -OCH3 is 1. The van der Waals surface area contributed by atoms with Crippen LogP contribution in [0.1, 0.15) is 19.8 Å². The van der Waals surface area contributed by atoms with Gasteiger partial charge in [-0.2, -0.15) is 0 Å². The van der Waals surface area contributed by atoms with Crippen molar-refractivity contribution in [1.82, 2.24) is 15.3 Å². The Morgan fingerprint density at radius 2 is 2.00 bits per heavy atom. The summed E-state index contributed by atoms with van der Waals surface area (Å²) in [7, 11) is 1.63. The Balaban J connectivity index is 1.88. The van der Waals surface area contributed by atoms with Gasteiger partial charge in [-0.25, -0.2) is 9.97 Å². The summed E-state index contributed by atoms with van der Waals surface area (Å²) in [5.74, 6) is 1.91. The summed E-state index contributed by atoms with van der Waals surface area (Å²) in [6, 6.07) is 3.71. The minimum absolute atomic E-state index is 0.130. The molecule has 0 amide bonds. The lowest BCUT2D eigenvalue weighted by atomic mass is 9.93. The maximum Gasteiger partial charge on any atom is 0.163 e. The number of nitrogens with one attached hydrogen (secondary N) is 1. The third kappa shape index (κ3) is 3.10. The minimum atomic E-state index is 0.130. The van der Waals surface area contributed by atoms with Gasteiger partial charge < -0.3 is 14.8 Å². The molecular weight excluding hydrogens is 302 g/mol. The van der Waals surface area contributed by atoms with Gasteiger partial charge in [-0.05, 0) is 44.8 Å². The van der Waals surface area contributed by atoms with E-state index in [1.165, 1.54) is 6.33 Å². The van der Waals surface area contributed by atoms with Crippen molar-refractivity contribution in [2.24, 2.45) is 5.92 Å². The number of halogens is 1. The maximum absolute atomic E-state index is 6.17. The van der Waals surface area contributed by atoms with Crippen molar-refractivity contribution >= 4 is 22.5 Å². The molecular formula is C16H20ClN3O2. The van der Waals surface area contributed by atoms with Crippen molar-refractivity contribution in [2.75, 3.05) is 20.2 Å². The van der Waals surface area contributed by atoms with Crippen LogP contribution < -0.4 is 14.8 Å². The van der Waals surface area contributed by atoms with E-state index in [-0.39, 0.29) is 6.10 Å². The fourth-order valence-electron chi connectivity index (χ4n) is 2.89. The molecule has 1 unspecified atom stereocenters. The molecule has 0 bridgehead atoms. The van der Waals surface area contributed by atoms with Crippen LogP contribution in [-0.4, -0.2) is 36.3 Å². The maximum atomic E-state index is 6.17. The molecule has 0 radical (unpaired) electrons. The Labute approximate surface area is 135 Å². The molecule has 1 atom stereocenters. The normalized spacial score (nSPS) is 17.4. The van der Waals surface area contributed by atoms with Crippen LogP contribution in [0.4, 0.5) is 0 Å². The first-order valence-electron chi connectivity index (χ1n) is 7.54. The summed E-state index contributed by atoms with van der Waals surface area (Å²) in [4.78, 5) is 8.25. The Bertz CT molecular complexity index is 659. The van der Waals surface area contributed by atoms with Gasteiger partial charge in [0.15, 0.2) is 11.5 Å². The van der Waals surface area contributed by atoms with E-state index < -0.39 is 0 Å². The zero-order valence-corrected chi connectivity index (χ0v) is 13.6. The van der Waals surface area contributed by atoms with E-state index in [4.69, 9.17) is 21.1 Å². The molecule has 1 fully saturated rings. The number of benzene rings is 1. The summed E-state index contributed by atoms with van der Waals surface area (Å²) in [6.45, 7) is 4.22. The third-order valence-electron chi connectivity index (χ3n) is 4.23. The molecule has 6 heteroatoms. The second kappa shape index (κ2) is 6.67. The van der Waals surface area contributed by atoms with Crippen molar-refractivity contribution in [1.29, 1.82) is 0 Å². The Hall–Kier alpha value is -1.59. The van der Waals surface area contributed by atoms with Gasteiger partial charge in [-0.3, -0.25) is 0 Å². The van der Waals surface area contributed by atoms with E-state index in [2.05, 4.69) is 22.2 Å². The highest BCUT2D eigenvalue weighted by molar-refractivity contribution is 6.34. The SMILES string of the molecule is COc1cc2c(Cl)ncnc2cc1OC(C)C1CCNCC1. The fraction of sp³-hybridized carbons (Fsp3) is 0.500. The summed E-state index contributed by atoms with van der Waals surface area (Å²) in [5.41, 5.74) is 0.758. The summed E-state index contributed by atoms with van der Waals surface area (Å²) >= 11 is 6.11. The number of aromatic nitrogens is 2. The highest BCUT2D eigenvalue weighted by Gasteiger charge is 2.22. The predicted octanol–water partition coefficient (Wildman–Crippen LogP) is 3.06. The van der Waals surface area contributed by atoms with Gasteiger partial charge >= 0.3 is 0 Å². The smallest absolute Gasteiger partial charge is 0.163 e. The zero-order chi connectivity index (χ0) is 15.5. The number of nitrogens with zero attached hydrogens (tertiary/aromatic N) is 2. The van der Waals surface area contributed by atoms with Gasteiger partial charge in [0.25, 0.3) is 0 Å². The lowest BCUT2D eigenvalue weighted by Crippen LogP contribution is -2.35. The lowest BCUT2D eigenvalue weighted by Gasteiger charge is -2.29. The number of ether oxygens (including phenoxy) is 2. The molecule has 0 aliphatic carbocycles. The van der Waals surface area contributed by atoms with E-state index in [1.807, 2.05) is 12.1 Å². The third-order valence-corrected chi connectivity index (χ3v) is 4.53. The van der Waals surface area contributed by atoms with E-state index in [1.54, 1.807) is 7.11 Å². The van der Waals surface area contributed by atoms with Crippen LogP contribution in [-0.2, 0) is 0 Å². The van der Waals surface area contributed by atoms with Crippen molar-refractivity contribution in [2.45, 2.75) is 25.9 Å². The van der Waals surface area contributed by atoms with E-state index in [0.29, 0.717) is 22.6 Å². The quantitative estimate of drug-likeness (QED) is 0.877. The molecule has 1 aliphatic rings. The topological polar surface area (TPSA) is 56.3 Å². The summed E-state index contributed by atoms with van der Waals surface area (Å²) in [5, 5.41) is 4.56. The van der Waals surface area contributed by atoms with Crippen LogP contribution >= 0.6 is 11.6 Å². The second-order valence-corrected chi connectivity index (χ2v) is 5.95. The van der Waals surface area contributed by atoms with Crippen LogP contribution in [0.3, 0.4) is 0 Å². The first-order valence-corrected chi connectivity index (χ1v) is 7.92. The van der Waals surface area contributed by atoms with Gasteiger partial charge in [0, 0.05) is 11.5 Å². The number of fused-ring (bicyclic) bond motifs is 1. The second-order valence-electron chi connectivity index (χ2n) is 5.60. The van der Waals surface area contributed by atoms with E-state index in [0.717, 1.165) is 36.8 Å². The predicted molar refractivity (Wildman–Crippen MR) is 86.8 cm³/mol. The average Bonchev–Trinajstić information content (AvgIpc) is 2.55. The number of piperidine rings is 1. The molecule has 1 N–H and O–H groups in total. The van der Waals surface area contributed by atoms with Crippen molar-refractivity contribution in [3.8, 4) is 11.5 Å². The molecule has 1 saturated heterocycles. The van der Waals surface area contributed by atoms with E-state index >= 15 is 0 Å². The Morgan fingerprint density at radius 3 is 2.73 bits per heavy atom. The van der Waals surface area contributed by atoms with Crippen LogP contribution in [0.25, 0.3) is 10.9 Å². The zero-order valence-electron chi connectivity index (χ0n) is 12.8. The first kappa shape index (κ1) is 15.3. The molecule has 1 aliphatic heterocycles. The summed E-state index contributed by atoms with van der Waals surface area (Å²) in [6.07, 6.45) is 3.85. The Morgan fingerprint density at radius 1 is 1.23 bits per heavy atom. The van der Waals surface area contributed by atoms with Crippen molar-refractivity contribution in [3.63, 3.8) is 0 Å². The lowest BCUT2D eigenvalue weighted by molar-refractivity contribution is 0.124. The number of rotatable bonds is 4. The molecule has 3 rings (SSSR count). The molecule has 1 aromatic heterocycles. The van der Waals surface area contributed by atoms with Gasteiger partial charge in [0.05, 0.1) is 18.7 Å². The van der Waals surface area contributed by atoms with Crippen molar-refractivity contribution in [3.05, 3.63) is 23.6 Å². The van der Waals surface area contributed by atoms with Gasteiger partial charge in [0.1, 0.15) is 11.5 Å². The Kier molecular flexibility index (Phi) is 4.64.